The Morgan fingerprint density at radius 3 is 2.41 bits per heavy atom. The van der Waals surface area contributed by atoms with Crippen LogP contribution in [0.5, 0.6) is 17.2 Å². The van der Waals surface area contributed by atoms with Gasteiger partial charge in [-0.1, -0.05) is 6.07 Å². The lowest BCUT2D eigenvalue weighted by Gasteiger charge is -2.24. The molecule has 0 fully saturated rings. The number of amides is 1. The zero-order chi connectivity index (χ0) is 21.0. The fourth-order valence-electron chi connectivity index (χ4n) is 2.98. The molecule has 0 spiro atoms. The van der Waals surface area contributed by atoms with Crippen LogP contribution >= 0.6 is 0 Å². The van der Waals surface area contributed by atoms with Gasteiger partial charge in [-0.2, -0.15) is 0 Å². The fourth-order valence-corrected chi connectivity index (χ4v) is 3.84. The summed E-state index contributed by atoms with van der Waals surface area (Å²) in [5.41, 5.74) is 1.22. The molecule has 8 nitrogen and oxygen atoms in total. The molecule has 0 aliphatic carbocycles. The van der Waals surface area contributed by atoms with Crippen LogP contribution in [0.25, 0.3) is 0 Å². The van der Waals surface area contributed by atoms with E-state index in [2.05, 4.69) is 5.32 Å². The first-order valence-corrected chi connectivity index (χ1v) is 10.9. The summed E-state index contributed by atoms with van der Waals surface area (Å²) in [5.74, 6) is 1.47. The molecule has 1 aliphatic rings. The smallest absolute Gasteiger partial charge is 0.241 e. The molecule has 29 heavy (non-hydrogen) atoms. The molecule has 0 bridgehead atoms. The van der Waals surface area contributed by atoms with Gasteiger partial charge >= 0.3 is 0 Å². The maximum atomic E-state index is 12.6. The van der Waals surface area contributed by atoms with E-state index in [1.165, 1.54) is 7.11 Å². The van der Waals surface area contributed by atoms with Crippen molar-refractivity contribution < 1.29 is 27.4 Å². The molecule has 1 amide bonds. The molecule has 156 valence electrons. The van der Waals surface area contributed by atoms with Gasteiger partial charge in [0, 0.05) is 0 Å². The molecular formula is C20H24N2O6S. The van der Waals surface area contributed by atoms with Crippen molar-refractivity contribution in [2.24, 2.45) is 0 Å². The topological polar surface area (TPSA) is 94.2 Å². The van der Waals surface area contributed by atoms with E-state index in [4.69, 9.17) is 14.2 Å². The molecule has 1 N–H and O–H groups in total. The Hall–Kier alpha value is -2.94. The molecule has 9 heteroatoms. The van der Waals surface area contributed by atoms with Crippen LogP contribution in [0.15, 0.2) is 42.5 Å². The van der Waals surface area contributed by atoms with Crippen LogP contribution in [0, 0.1) is 0 Å². The third-order valence-corrected chi connectivity index (χ3v) is 5.63. The molecule has 3 rings (SSSR count). The minimum Gasteiger partial charge on any atom is -0.497 e. The van der Waals surface area contributed by atoms with Crippen molar-refractivity contribution in [3.63, 3.8) is 0 Å². The number of benzene rings is 2. The lowest BCUT2D eigenvalue weighted by atomic mass is 10.1. The fraction of sp³-hybridized carbons (Fsp3) is 0.350. The van der Waals surface area contributed by atoms with E-state index in [0.29, 0.717) is 36.1 Å². The SMILES string of the molecule is COc1ccc(N(CC(=O)NC(C)c2ccc3c(c2)OCCO3)S(C)(=O)=O)cc1. The minimum absolute atomic E-state index is 0.333. The monoisotopic (exact) mass is 420 g/mol. The standard InChI is InChI=1S/C20H24N2O6S/c1-14(15-4-9-18-19(12-15)28-11-10-27-18)21-20(23)13-22(29(3,24)25)16-5-7-17(26-2)8-6-16/h4-9,12,14H,10-11,13H2,1-3H3,(H,21,23). The predicted molar refractivity (Wildman–Crippen MR) is 109 cm³/mol. The highest BCUT2D eigenvalue weighted by atomic mass is 32.2. The second-order valence-corrected chi connectivity index (χ2v) is 8.57. The largest absolute Gasteiger partial charge is 0.497 e. The summed E-state index contributed by atoms with van der Waals surface area (Å²) >= 11 is 0. The van der Waals surface area contributed by atoms with E-state index in [1.807, 2.05) is 19.1 Å². The van der Waals surface area contributed by atoms with Gasteiger partial charge in [0.25, 0.3) is 0 Å². The van der Waals surface area contributed by atoms with Crippen LogP contribution in [0.4, 0.5) is 5.69 Å². The first-order valence-electron chi connectivity index (χ1n) is 9.08. The van der Waals surface area contributed by atoms with Crippen LogP contribution in [-0.2, 0) is 14.8 Å². The lowest BCUT2D eigenvalue weighted by Crippen LogP contribution is -2.41. The number of carbonyl (C=O) groups is 1. The Bertz CT molecular complexity index is 975. The molecule has 2 aromatic carbocycles. The van der Waals surface area contributed by atoms with Gasteiger partial charge in [-0.05, 0) is 48.9 Å². The van der Waals surface area contributed by atoms with Gasteiger partial charge in [0.15, 0.2) is 11.5 Å². The second-order valence-electron chi connectivity index (χ2n) is 6.66. The van der Waals surface area contributed by atoms with Gasteiger partial charge in [0.2, 0.25) is 15.9 Å². The lowest BCUT2D eigenvalue weighted by molar-refractivity contribution is -0.120. The number of sulfonamides is 1. The summed E-state index contributed by atoms with van der Waals surface area (Å²) in [7, 11) is -2.13. The highest BCUT2D eigenvalue weighted by Crippen LogP contribution is 2.32. The molecule has 1 unspecified atom stereocenters. The molecule has 1 heterocycles. The van der Waals surface area contributed by atoms with Gasteiger partial charge in [0.05, 0.1) is 25.1 Å². The van der Waals surface area contributed by atoms with Gasteiger partial charge < -0.3 is 19.5 Å². The molecule has 0 aromatic heterocycles. The van der Waals surface area contributed by atoms with E-state index in [1.54, 1.807) is 30.3 Å². The number of hydrogen-bond acceptors (Lipinski definition) is 6. The zero-order valence-electron chi connectivity index (χ0n) is 16.5. The highest BCUT2D eigenvalue weighted by Gasteiger charge is 2.22. The van der Waals surface area contributed by atoms with Crippen molar-refractivity contribution in [1.29, 1.82) is 0 Å². The summed E-state index contributed by atoms with van der Waals surface area (Å²) in [4.78, 5) is 12.6. The Morgan fingerprint density at radius 2 is 1.79 bits per heavy atom. The van der Waals surface area contributed by atoms with Crippen LogP contribution < -0.4 is 23.8 Å². The second kappa shape index (κ2) is 8.60. The third kappa shape index (κ3) is 5.11. The quantitative estimate of drug-likeness (QED) is 0.737. The van der Waals surface area contributed by atoms with E-state index in [0.717, 1.165) is 16.1 Å². The molecule has 0 radical (unpaired) electrons. The molecule has 0 saturated carbocycles. The van der Waals surface area contributed by atoms with Gasteiger partial charge in [-0.3, -0.25) is 9.10 Å². The summed E-state index contributed by atoms with van der Waals surface area (Å²) in [5, 5.41) is 2.83. The molecule has 0 saturated heterocycles. The van der Waals surface area contributed by atoms with Crippen LogP contribution in [0.2, 0.25) is 0 Å². The summed E-state index contributed by atoms with van der Waals surface area (Å²) in [6, 6.07) is 11.6. The Kier molecular flexibility index (Phi) is 6.17. The predicted octanol–water partition coefficient (Wildman–Crippen LogP) is 2.11. The van der Waals surface area contributed by atoms with Gasteiger partial charge in [-0.25, -0.2) is 8.42 Å². The average molecular weight is 420 g/mol. The van der Waals surface area contributed by atoms with Crippen molar-refractivity contribution in [3.8, 4) is 17.2 Å². The first-order chi connectivity index (χ1) is 13.8. The first kappa shape index (κ1) is 20.8. The van der Waals surface area contributed by atoms with E-state index < -0.39 is 15.9 Å². The number of rotatable bonds is 7. The van der Waals surface area contributed by atoms with E-state index >= 15 is 0 Å². The van der Waals surface area contributed by atoms with Crippen LogP contribution in [0.3, 0.4) is 0 Å². The Morgan fingerprint density at radius 1 is 1.14 bits per heavy atom. The average Bonchev–Trinajstić information content (AvgIpc) is 2.71. The summed E-state index contributed by atoms with van der Waals surface area (Å²) in [6.45, 7) is 2.47. The van der Waals surface area contributed by atoms with Gasteiger partial charge in [0.1, 0.15) is 25.5 Å². The van der Waals surface area contributed by atoms with Gasteiger partial charge in [-0.15, -0.1) is 0 Å². The number of methoxy groups -OCH3 is 1. The van der Waals surface area contributed by atoms with Crippen LogP contribution in [-0.4, -0.2) is 47.4 Å². The number of hydrogen-bond donors (Lipinski definition) is 1. The van der Waals surface area contributed by atoms with Crippen molar-refractivity contribution in [1.82, 2.24) is 5.32 Å². The van der Waals surface area contributed by atoms with Crippen LogP contribution in [0.1, 0.15) is 18.5 Å². The summed E-state index contributed by atoms with van der Waals surface area (Å²) < 4.78 is 41.7. The number of anilines is 1. The van der Waals surface area contributed by atoms with E-state index in [-0.39, 0.29) is 12.6 Å². The van der Waals surface area contributed by atoms with Crippen molar-refractivity contribution in [2.45, 2.75) is 13.0 Å². The Labute approximate surface area is 170 Å². The number of fused-ring (bicyclic) bond motifs is 1. The summed E-state index contributed by atoms with van der Waals surface area (Å²) in [6.07, 6.45) is 1.06. The maximum Gasteiger partial charge on any atom is 0.241 e. The third-order valence-electron chi connectivity index (χ3n) is 4.49. The molecule has 2 aromatic rings. The highest BCUT2D eigenvalue weighted by molar-refractivity contribution is 7.92. The van der Waals surface area contributed by atoms with Crippen molar-refractivity contribution in [2.75, 3.05) is 37.4 Å². The Balaban J connectivity index is 1.71. The minimum atomic E-state index is -3.65. The van der Waals surface area contributed by atoms with E-state index in [9.17, 15) is 13.2 Å². The number of nitrogens with one attached hydrogen (secondary N) is 1. The van der Waals surface area contributed by atoms with Crippen molar-refractivity contribution >= 4 is 21.6 Å². The number of nitrogens with zero attached hydrogens (tertiary/aromatic N) is 1. The molecule has 1 atom stereocenters. The normalized spacial score (nSPS) is 14.0. The number of carbonyl (C=O) groups excluding carboxylic acids is 1. The number of ether oxygens (including phenoxy) is 3. The van der Waals surface area contributed by atoms with Crippen molar-refractivity contribution in [3.05, 3.63) is 48.0 Å². The molecular weight excluding hydrogens is 396 g/mol. The zero-order valence-corrected chi connectivity index (χ0v) is 17.4. The molecule has 1 aliphatic heterocycles. The maximum absolute atomic E-state index is 12.6.